The summed E-state index contributed by atoms with van der Waals surface area (Å²) in [6.45, 7) is 7.74. The van der Waals surface area contributed by atoms with Crippen LogP contribution in [0.2, 0.25) is 0 Å². The lowest BCUT2D eigenvalue weighted by Gasteiger charge is -2.22. The molecular formula is C11H15N. The van der Waals surface area contributed by atoms with Crippen molar-refractivity contribution in [3.63, 3.8) is 0 Å². The molecule has 0 aliphatic heterocycles. The Kier molecular flexibility index (Phi) is 2.34. The highest BCUT2D eigenvalue weighted by atomic mass is 14.7. The van der Waals surface area contributed by atoms with Gasteiger partial charge in [0.15, 0.2) is 0 Å². The highest BCUT2D eigenvalue weighted by Crippen LogP contribution is 2.21. The standard InChI is InChI=1S/C11H15N/c1-4-11(3,12)10-8-6-5-7-9(10)2/h4-8H,1,12H2,2-3H3. The molecule has 1 nitrogen and oxygen atoms in total. The Morgan fingerprint density at radius 1 is 1.42 bits per heavy atom. The van der Waals surface area contributed by atoms with Crippen LogP contribution < -0.4 is 5.73 Å². The van der Waals surface area contributed by atoms with Crippen molar-refractivity contribution in [1.29, 1.82) is 0 Å². The largest absolute Gasteiger partial charge is 0.318 e. The van der Waals surface area contributed by atoms with Gasteiger partial charge in [0.05, 0.1) is 5.54 Å². The Hall–Kier alpha value is -1.08. The van der Waals surface area contributed by atoms with Crippen molar-refractivity contribution in [2.75, 3.05) is 0 Å². The molecule has 0 bridgehead atoms. The van der Waals surface area contributed by atoms with Crippen molar-refractivity contribution in [3.8, 4) is 0 Å². The third-order valence-corrected chi connectivity index (χ3v) is 2.15. The summed E-state index contributed by atoms with van der Waals surface area (Å²) in [6.07, 6.45) is 1.77. The quantitative estimate of drug-likeness (QED) is 0.662. The van der Waals surface area contributed by atoms with Gasteiger partial charge in [0.1, 0.15) is 0 Å². The second-order valence-corrected chi connectivity index (χ2v) is 3.30. The van der Waals surface area contributed by atoms with Crippen LogP contribution in [0, 0.1) is 6.92 Å². The fourth-order valence-electron chi connectivity index (χ4n) is 1.29. The number of aryl methyl sites for hydroxylation is 1. The van der Waals surface area contributed by atoms with Gasteiger partial charge in [-0.05, 0) is 25.0 Å². The molecule has 12 heavy (non-hydrogen) atoms. The van der Waals surface area contributed by atoms with E-state index in [4.69, 9.17) is 5.73 Å². The van der Waals surface area contributed by atoms with Crippen molar-refractivity contribution in [3.05, 3.63) is 48.0 Å². The average molecular weight is 161 g/mol. The van der Waals surface area contributed by atoms with Gasteiger partial charge < -0.3 is 5.73 Å². The van der Waals surface area contributed by atoms with Crippen LogP contribution in [0.1, 0.15) is 18.1 Å². The molecule has 0 aromatic heterocycles. The molecule has 0 saturated carbocycles. The smallest absolute Gasteiger partial charge is 0.0566 e. The van der Waals surface area contributed by atoms with Gasteiger partial charge >= 0.3 is 0 Å². The van der Waals surface area contributed by atoms with E-state index < -0.39 is 5.54 Å². The van der Waals surface area contributed by atoms with E-state index in [0.29, 0.717) is 0 Å². The first kappa shape index (κ1) is 9.01. The molecule has 64 valence electrons. The molecule has 0 spiro atoms. The second-order valence-electron chi connectivity index (χ2n) is 3.30. The fraction of sp³-hybridized carbons (Fsp3) is 0.273. The molecule has 1 atom stereocenters. The molecule has 0 fully saturated rings. The minimum Gasteiger partial charge on any atom is -0.318 e. The number of hydrogen-bond donors (Lipinski definition) is 1. The molecule has 1 heteroatoms. The van der Waals surface area contributed by atoms with E-state index in [1.165, 1.54) is 5.56 Å². The van der Waals surface area contributed by atoms with E-state index in [2.05, 4.69) is 19.6 Å². The van der Waals surface area contributed by atoms with Crippen LogP contribution in [0.3, 0.4) is 0 Å². The third-order valence-electron chi connectivity index (χ3n) is 2.15. The first-order valence-corrected chi connectivity index (χ1v) is 4.06. The normalized spacial score (nSPS) is 15.2. The summed E-state index contributed by atoms with van der Waals surface area (Å²) < 4.78 is 0. The fourth-order valence-corrected chi connectivity index (χ4v) is 1.29. The van der Waals surface area contributed by atoms with E-state index in [-0.39, 0.29) is 0 Å². The zero-order chi connectivity index (χ0) is 9.19. The summed E-state index contributed by atoms with van der Waals surface area (Å²) in [6, 6.07) is 8.11. The predicted octanol–water partition coefficient (Wildman–Crippen LogP) is 2.35. The average Bonchev–Trinajstić information content (AvgIpc) is 2.05. The van der Waals surface area contributed by atoms with Gasteiger partial charge in [-0.15, -0.1) is 6.58 Å². The molecule has 0 aliphatic rings. The Balaban J connectivity index is 3.19. The van der Waals surface area contributed by atoms with Crippen LogP contribution >= 0.6 is 0 Å². The van der Waals surface area contributed by atoms with E-state index >= 15 is 0 Å². The maximum atomic E-state index is 6.02. The third kappa shape index (κ3) is 1.56. The minimum absolute atomic E-state index is 0.411. The zero-order valence-electron chi connectivity index (χ0n) is 7.67. The SMILES string of the molecule is C=CC(C)(N)c1ccccc1C. The molecule has 1 aromatic carbocycles. The van der Waals surface area contributed by atoms with Gasteiger partial charge in [0.2, 0.25) is 0 Å². The van der Waals surface area contributed by atoms with Gasteiger partial charge in [0, 0.05) is 0 Å². The highest BCUT2D eigenvalue weighted by molar-refractivity contribution is 5.34. The van der Waals surface area contributed by atoms with Crippen LogP contribution in [0.4, 0.5) is 0 Å². The molecule has 0 aliphatic carbocycles. The van der Waals surface area contributed by atoms with Crippen LogP contribution in [-0.4, -0.2) is 0 Å². The predicted molar refractivity (Wildman–Crippen MR) is 52.9 cm³/mol. The molecule has 2 N–H and O–H groups in total. The lowest BCUT2D eigenvalue weighted by molar-refractivity contribution is 0.627. The van der Waals surface area contributed by atoms with Crippen LogP contribution in [0.25, 0.3) is 0 Å². The van der Waals surface area contributed by atoms with Gasteiger partial charge in [-0.2, -0.15) is 0 Å². The van der Waals surface area contributed by atoms with E-state index in [1.54, 1.807) is 6.08 Å². The summed E-state index contributed by atoms with van der Waals surface area (Å²) in [4.78, 5) is 0. The lowest BCUT2D eigenvalue weighted by Crippen LogP contribution is -2.30. The van der Waals surface area contributed by atoms with Crippen LogP contribution in [-0.2, 0) is 5.54 Å². The first-order chi connectivity index (χ1) is 5.58. The molecule has 0 amide bonds. The topological polar surface area (TPSA) is 26.0 Å². The summed E-state index contributed by atoms with van der Waals surface area (Å²) in [5.74, 6) is 0. The van der Waals surface area contributed by atoms with Crippen molar-refractivity contribution >= 4 is 0 Å². The summed E-state index contributed by atoms with van der Waals surface area (Å²) in [5, 5.41) is 0. The molecule has 0 radical (unpaired) electrons. The molecule has 1 aromatic rings. The number of rotatable bonds is 2. The van der Waals surface area contributed by atoms with Crippen LogP contribution in [0.15, 0.2) is 36.9 Å². The monoisotopic (exact) mass is 161 g/mol. The molecule has 0 heterocycles. The van der Waals surface area contributed by atoms with Gasteiger partial charge in [-0.25, -0.2) is 0 Å². The summed E-state index contributed by atoms with van der Waals surface area (Å²) in [7, 11) is 0. The van der Waals surface area contributed by atoms with E-state index in [1.807, 2.05) is 25.1 Å². The Labute approximate surface area is 73.9 Å². The zero-order valence-corrected chi connectivity index (χ0v) is 7.67. The lowest BCUT2D eigenvalue weighted by atomic mass is 9.90. The Morgan fingerprint density at radius 3 is 2.50 bits per heavy atom. The van der Waals surface area contributed by atoms with Crippen molar-refractivity contribution in [2.24, 2.45) is 5.73 Å². The Morgan fingerprint density at radius 2 is 2.00 bits per heavy atom. The van der Waals surface area contributed by atoms with Crippen molar-refractivity contribution in [1.82, 2.24) is 0 Å². The highest BCUT2D eigenvalue weighted by Gasteiger charge is 2.17. The Bertz CT molecular complexity index is 287. The van der Waals surface area contributed by atoms with Crippen LogP contribution in [0.5, 0.6) is 0 Å². The van der Waals surface area contributed by atoms with Gasteiger partial charge in [-0.3, -0.25) is 0 Å². The van der Waals surface area contributed by atoms with Crippen molar-refractivity contribution < 1.29 is 0 Å². The second kappa shape index (κ2) is 3.11. The van der Waals surface area contributed by atoms with E-state index in [9.17, 15) is 0 Å². The number of nitrogens with two attached hydrogens (primary N) is 1. The molecule has 1 rings (SSSR count). The number of benzene rings is 1. The van der Waals surface area contributed by atoms with Gasteiger partial charge in [-0.1, -0.05) is 30.3 Å². The minimum atomic E-state index is -0.411. The maximum absolute atomic E-state index is 6.02. The van der Waals surface area contributed by atoms with Crippen molar-refractivity contribution in [2.45, 2.75) is 19.4 Å². The summed E-state index contributed by atoms with van der Waals surface area (Å²) >= 11 is 0. The molecule has 0 saturated heterocycles. The maximum Gasteiger partial charge on any atom is 0.0566 e. The van der Waals surface area contributed by atoms with E-state index in [0.717, 1.165) is 5.56 Å². The molecular weight excluding hydrogens is 146 g/mol. The molecule has 1 unspecified atom stereocenters. The first-order valence-electron chi connectivity index (χ1n) is 4.06. The van der Waals surface area contributed by atoms with Gasteiger partial charge in [0.25, 0.3) is 0 Å². The summed E-state index contributed by atoms with van der Waals surface area (Å²) in [5.41, 5.74) is 7.96. The number of hydrogen-bond acceptors (Lipinski definition) is 1.